The average Bonchev–Trinajstić information content (AvgIpc) is 3.40. The largest absolute Gasteiger partial charge is 0.496 e. The zero-order valence-electron chi connectivity index (χ0n) is 26.9. The zero-order chi connectivity index (χ0) is 33.5. The molecule has 1 aliphatic rings. The van der Waals surface area contributed by atoms with Crippen LogP contribution in [0.4, 0.5) is 19.0 Å². The van der Waals surface area contributed by atoms with E-state index >= 15 is 0 Å². The Hall–Kier alpha value is -4.36. The number of halogens is 3. The van der Waals surface area contributed by atoms with E-state index in [9.17, 15) is 22.8 Å². The first-order chi connectivity index (χ1) is 21.7. The second-order valence-corrected chi connectivity index (χ2v) is 12.1. The van der Waals surface area contributed by atoms with E-state index in [1.54, 1.807) is 25.3 Å². The minimum atomic E-state index is -4.41. The summed E-state index contributed by atoms with van der Waals surface area (Å²) in [5, 5.41) is 0. The number of rotatable bonds is 9. The van der Waals surface area contributed by atoms with E-state index < -0.39 is 24.7 Å². The zero-order valence-corrected chi connectivity index (χ0v) is 26.9. The van der Waals surface area contributed by atoms with Gasteiger partial charge in [0.1, 0.15) is 11.6 Å². The molecule has 1 saturated heterocycles. The number of carbonyl (C=O) groups is 1. The molecule has 2 unspecified atom stereocenters. The number of methoxy groups -OCH3 is 1. The van der Waals surface area contributed by atoms with Gasteiger partial charge >= 0.3 is 6.18 Å². The van der Waals surface area contributed by atoms with Crippen molar-refractivity contribution >= 4 is 17.2 Å². The minimum Gasteiger partial charge on any atom is -0.496 e. The SMILES string of the molecule is COc1cc(C)[nH]c(=O)c1CC1CN(C(C)c2c(C)c(C(N)=O)cc3c(-c4cccnc4N(C)C)ccn23)CCN1CC(F)(F)F. The van der Waals surface area contributed by atoms with Crippen LogP contribution in [-0.2, 0) is 6.42 Å². The quantitative estimate of drug-likeness (QED) is 0.281. The van der Waals surface area contributed by atoms with Gasteiger partial charge in [-0.15, -0.1) is 0 Å². The van der Waals surface area contributed by atoms with Crippen molar-refractivity contribution in [3.05, 3.63) is 81.2 Å². The number of aromatic nitrogens is 3. The van der Waals surface area contributed by atoms with Gasteiger partial charge in [-0.2, -0.15) is 13.2 Å². The fourth-order valence-electron chi connectivity index (χ4n) is 6.70. The number of nitrogens with zero attached hydrogens (tertiary/aromatic N) is 5. The summed E-state index contributed by atoms with van der Waals surface area (Å²) < 4.78 is 48.6. The number of aromatic amines is 1. The highest BCUT2D eigenvalue weighted by molar-refractivity contribution is 5.98. The van der Waals surface area contributed by atoms with Crippen LogP contribution in [0.1, 0.15) is 45.8 Å². The molecule has 4 aromatic heterocycles. The summed E-state index contributed by atoms with van der Waals surface area (Å²) in [5.74, 6) is 0.534. The van der Waals surface area contributed by atoms with Gasteiger partial charge in [0.15, 0.2) is 0 Å². The molecular weight excluding hydrogens is 599 g/mol. The smallest absolute Gasteiger partial charge is 0.401 e. The van der Waals surface area contributed by atoms with Gasteiger partial charge < -0.3 is 24.8 Å². The highest BCUT2D eigenvalue weighted by Gasteiger charge is 2.39. The normalized spacial score (nSPS) is 16.9. The number of fused-ring (bicyclic) bond motifs is 1. The Morgan fingerprint density at radius 3 is 2.59 bits per heavy atom. The van der Waals surface area contributed by atoms with Crippen LogP contribution in [0.2, 0.25) is 0 Å². The van der Waals surface area contributed by atoms with Gasteiger partial charge in [0.25, 0.3) is 5.56 Å². The molecule has 1 fully saturated rings. The monoisotopic (exact) mass is 639 g/mol. The van der Waals surface area contributed by atoms with Crippen LogP contribution in [0.25, 0.3) is 16.6 Å². The van der Waals surface area contributed by atoms with Gasteiger partial charge in [-0.3, -0.25) is 19.4 Å². The number of primary amides is 1. The minimum absolute atomic E-state index is 0.0653. The number of hydrogen-bond acceptors (Lipinski definition) is 7. The number of hydrogen-bond donors (Lipinski definition) is 2. The van der Waals surface area contributed by atoms with Crippen LogP contribution in [0, 0.1) is 13.8 Å². The number of ether oxygens (including phenoxy) is 1. The molecule has 0 radical (unpaired) electrons. The topological polar surface area (TPSA) is 112 Å². The van der Waals surface area contributed by atoms with E-state index in [0.29, 0.717) is 34.7 Å². The van der Waals surface area contributed by atoms with Crippen molar-refractivity contribution in [1.82, 2.24) is 24.2 Å². The molecule has 0 aliphatic carbocycles. The van der Waals surface area contributed by atoms with Crippen LogP contribution in [0.3, 0.4) is 0 Å². The molecule has 46 heavy (non-hydrogen) atoms. The van der Waals surface area contributed by atoms with E-state index in [-0.39, 0.29) is 31.1 Å². The van der Waals surface area contributed by atoms with Crippen molar-refractivity contribution in [1.29, 1.82) is 0 Å². The summed E-state index contributed by atoms with van der Waals surface area (Å²) in [6.07, 6.45) is -0.684. The molecule has 4 aromatic rings. The number of nitrogens with one attached hydrogen (secondary N) is 1. The molecule has 3 N–H and O–H groups in total. The fraction of sp³-hybridized carbons (Fsp3) is 0.424. The summed E-state index contributed by atoms with van der Waals surface area (Å²) in [6.45, 7) is 5.18. The number of nitrogens with two attached hydrogens (primary N) is 1. The third kappa shape index (κ3) is 6.47. The third-order valence-corrected chi connectivity index (χ3v) is 8.87. The number of pyridine rings is 3. The number of aryl methyl sites for hydroxylation is 1. The third-order valence-electron chi connectivity index (χ3n) is 8.87. The van der Waals surface area contributed by atoms with Crippen molar-refractivity contribution in [3.8, 4) is 16.9 Å². The van der Waals surface area contributed by atoms with Gasteiger partial charge in [-0.05, 0) is 63.1 Å². The van der Waals surface area contributed by atoms with E-state index in [4.69, 9.17) is 10.5 Å². The first-order valence-corrected chi connectivity index (χ1v) is 15.1. The molecule has 5 rings (SSSR count). The van der Waals surface area contributed by atoms with Crippen molar-refractivity contribution in [2.24, 2.45) is 5.73 Å². The summed E-state index contributed by atoms with van der Waals surface area (Å²) in [4.78, 5) is 38.4. The first kappa shape index (κ1) is 33.0. The van der Waals surface area contributed by atoms with Crippen LogP contribution in [-0.4, -0.2) is 89.7 Å². The predicted octanol–water partition coefficient (Wildman–Crippen LogP) is 4.33. The van der Waals surface area contributed by atoms with Crippen molar-refractivity contribution < 1.29 is 22.7 Å². The lowest BCUT2D eigenvalue weighted by atomic mass is 9.97. The van der Waals surface area contributed by atoms with E-state index in [1.165, 1.54) is 12.0 Å². The maximum Gasteiger partial charge on any atom is 0.401 e. The molecule has 0 saturated carbocycles. The van der Waals surface area contributed by atoms with Crippen LogP contribution < -0.4 is 20.9 Å². The number of amides is 1. The van der Waals surface area contributed by atoms with E-state index in [0.717, 1.165) is 28.2 Å². The molecule has 2 atom stereocenters. The molecule has 0 spiro atoms. The highest BCUT2D eigenvalue weighted by Crippen LogP contribution is 2.37. The van der Waals surface area contributed by atoms with E-state index in [1.807, 2.05) is 61.6 Å². The maximum absolute atomic E-state index is 13.7. The molecule has 246 valence electrons. The molecular formula is C33H40F3N7O3. The summed E-state index contributed by atoms with van der Waals surface area (Å²) >= 11 is 0. The van der Waals surface area contributed by atoms with Crippen molar-refractivity contribution in [2.45, 2.75) is 45.5 Å². The van der Waals surface area contributed by atoms with Gasteiger partial charge in [0.2, 0.25) is 5.91 Å². The predicted molar refractivity (Wildman–Crippen MR) is 172 cm³/mol. The molecule has 1 aliphatic heterocycles. The fourth-order valence-corrected chi connectivity index (χ4v) is 6.70. The Kier molecular flexibility index (Phi) is 9.19. The van der Waals surface area contributed by atoms with Crippen molar-refractivity contribution in [2.75, 3.05) is 52.3 Å². The average molecular weight is 640 g/mol. The number of carbonyl (C=O) groups excluding carboxylic acids is 1. The Morgan fingerprint density at radius 1 is 1.20 bits per heavy atom. The molecule has 5 heterocycles. The first-order valence-electron chi connectivity index (χ1n) is 15.1. The summed E-state index contributed by atoms with van der Waals surface area (Å²) in [7, 11) is 5.26. The maximum atomic E-state index is 13.7. The Morgan fingerprint density at radius 2 is 1.93 bits per heavy atom. The lowest BCUT2D eigenvalue weighted by Gasteiger charge is -2.44. The Bertz CT molecular complexity index is 1810. The second-order valence-electron chi connectivity index (χ2n) is 12.1. The molecule has 1 amide bonds. The van der Waals surface area contributed by atoms with Crippen LogP contribution >= 0.6 is 0 Å². The van der Waals surface area contributed by atoms with Gasteiger partial charge in [0, 0.05) is 86.3 Å². The van der Waals surface area contributed by atoms with Crippen LogP contribution in [0.15, 0.2) is 47.5 Å². The molecule has 0 aromatic carbocycles. The Balaban J connectivity index is 1.58. The molecule has 13 heteroatoms. The van der Waals surface area contributed by atoms with Gasteiger partial charge in [-0.1, -0.05) is 0 Å². The standard InChI is InChI=1S/C33H40F3N7O3/c1-19-14-28(46-6)26(32(45)39-19)15-22-17-41(12-13-42(22)18-33(34,35)36)21(3)29-20(2)25(30(37)44)16-27-23(9-11-43(27)29)24-8-7-10-38-31(24)40(4)5/h7-11,14,16,21-22H,12-13,15,17-18H2,1-6H3,(H2,37,44)(H,39,45). The molecule has 10 nitrogen and oxygen atoms in total. The van der Waals surface area contributed by atoms with Crippen LogP contribution in [0.5, 0.6) is 5.75 Å². The number of alkyl halides is 3. The lowest BCUT2D eigenvalue weighted by Crippen LogP contribution is -2.57. The number of piperazine rings is 1. The lowest BCUT2D eigenvalue weighted by molar-refractivity contribution is -0.156. The highest BCUT2D eigenvalue weighted by atomic mass is 19.4. The van der Waals surface area contributed by atoms with Gasteiger partial charge in [-0.25, -0.2) is 4.98 Å². The summed E-state index contributed by atoms with van der Waals surface area (Å²) in [6, 6.07) is 8.30. The van der Waals surface area contributed by atoms with E-state index in [2.05, 4.69) is 14.9 Å². The number of anilines is 1. The molecule has 0 bridgehead atoms. The Labute approximate surface area is 265 Å². The summed E-state index contributed by atoms with van der Waals surface area (Å²) in [5.41, 5.74) is 10.8. The number of H-pyrrole nitrogens is 1. The van der Waals surface area contributed by atoms with Gasteiger partial charge in [0.05, 0.1) is 24.7 Å². The second kappa shape index (κ2) is 12.8. The van der Waals surface area contributed by atoms with Crippen molar-refractivity contribution in [3.63, 3.8) is 0 Å².